The summed E-state index contributed by atoms with van der Waals surface area (Å²) in [5.41, 5.74) is 6.71. The van der Waals surface area contributed by atoms with E-state index in [0.717, 1.165) is 46.6 Å². The summed E-state index contributed by atoms with van der Waals surface area (Å²) in [5, 5.41) is 15.3. The predicted molar refractivity (Wildman–Crippen MR) is 213 cm³/mol. The molecule has 5 aromatic rings. The van der Waals surface area contributed by atoms with Crippen LogP contribution < -0.4 is 20.4 Å². The van der Waals surface area contributed by atoms with Crippen LogP contribution in [0.2, 0.25) is 0 Å². The Morgan fingerprint density at radius 1 is 0.767 bits per heavy atom. The number of nitrogens with zero attached hydrogens (tertiary/aromatic N) is 3. The molecule has 0 heterocycles. The average Bonchev–Trinajstić information content (AvgIpc) is 3.21. The number of rotatable bonds is 11. The van der Waals surface area contributed by atoms with Gasteiger partial charge in [-0.15, -0.1) is 13.2 Å². The summed E-state index contributed by atoms with van der Waals surface area (Å²) in [7, 11) is 1.34. The Hall–Kier alpha value is -7.15. The van der Waals surface area contributed by atoms with Crippen molar-refractivity contribution in [3.63, 3.8) is 0 Å². The van der Waals surface area contributed by atoms with E-state index in [4.69, 9.17) is 10.00 Å². The SMILES string of the molecule is COC(=O)C(C)N(C(=O)Cc1ccccc1)c1c(C)cccc1C.N#Cc1ccc(C/C(=N\NC(=O)Nc2ccc(OC(F)(F)F)cc2)c2ccc(C(F)(F)F)cc2)cc1. The van der Waals surface area contributed by atoms with E-state index in [0.29, 0.717) is 16.7 Å². The van der Waals surface area contributed by atoms with Crippen molar-refractivity contribution in [1.29, 1.82) is 5.26 Å². The van der Waals surface area contributed by atoms with Crippen molar-refractivity contribution in [2.24, 2.45) is 5.10 Å². The fourth-order valence-corrected chi connectivity index (χ4v) is 5.82. The number of amides is 3. The van der Waals surface area contributed by atoms with E-state index >= 15 is 0 Å². The van der Waals surface area contributed by atoms with Crippen LogP contribution in [-0.2, 0) is 33.3 Å². The highest BCUT2D eigenvalue weighted by Gasteiger charge is 2.32. The zero-order valence-corrected chi connectivity index (χ0v) is 32.7. The molecule has 0 aromatic heterocycles. The van der Waals surface area contributed by atoms with Crippen LogP contribution in [-0.4, -0.2) is 43.1 Å². The van der Waals surface area contributed by atoms with Crippen LogP contribution in [0.5, 0.6) is 5.75 Å². The lowest BCUT2D eigenvalue weighted by atomic mass is 10.0. The summed E-state index contributed by atoms with van der Waals surface area (Å²) in [6.45, 7) is 5.57. The number of para-hydroxylation sites is 1. The molecule has 1 unspecified atom stereocenters. The number of nitrogens with one attached hydrogen (secondary N) is 2. The second-order valence-corrected chi connectivity index (χ2v) is 13.1. The van der Waals surface area contributed by atoms with E-state index in [2.05, 4.69) is 20.6 Å². The van der Waals surface area contributed by atoms with Crippen LogP contribution in [0.15, 0.2) is 126 Å². The van der Waals surface area contributed by atoms with Crippen LogP contribution >= 0.6 is 0 Å². The third kappa shape index (κ3) is 13.5. The lowest BCUT2D eigenvalue weighted by Gasteiger charge is -2.30. The maximum atomic E-state index is 13.0. The molecule has 60 heavy (non-hydrogen) atoms. The number of alkyl halides is 6. The first-order chi connectivity index (χ1) is 28.4. The molecule has 0 aliphatic heterocycles. The molecule has 5 rings (SSSR count). The average molecular weight is 832 g/mol. The van der Waals surface area contributed by atoms with E-state index in [-0.39, 0.29) is 30.1 Å². The second-order valence-electron chi connectivity index (χ2n) is 13.1. The highest BCUT2D eigenvalue weighted by Crippen LogP contribution is 2.30. The van der Waals surface area contributed by atoms with Gasteiger partial charge in [-0.05, 0) is 97.1 Å². The van der Waals surface area contributed by atoms with Crippen LogP contribution in [0.25, 0.3) is 0 Å². The summed E-state index contributed by atoms with van der Waals surface area (Å²) < 4.78 is 84.1. The third-order valence-electron chi connectivity index (χ3n) is 8.72. The second kappa shape index (κ2) is 20.5. The molecule has 2 N–H and O–H groups in total. The van der Waals surface area contributed by atoms with Crippen LogP contribution in [0.1, 0.15) is 45.9 Å². The highest BCUT2D eigenvalue weighted by atomic mass is 19.4. The quantitative estimate of drug-likeness (QED) is 0.0590. The van der Waals surface area contributed by atoms with Crippen molar-refractivity contribution in [2.75, 3.05) is 17.3 Å². The van der Waals surface area contributed by atoms with E-state index in [9.17, 15) is 40.7 Å². The minimum Gasteiger partial charge on any atom is -0.467 e. The van der Waals surface area contributed by atoms with Gasteiger partial charge >= 0.3 is 24.5 Å². The number of nitriles is 1. The van der Waals surface area contributed by atoms with Crippen molar-refractivity contribution in [3.8, 4) is 11.8 Å². The summed E-state index contributed by atoms with van der Waals surface area (Å²) in [4.78, 5) is 38.9. The van der Waals surface area contributed by atoms with Crippen molar-refractivity contribution >= 4 is 35.0 Å². The number of anilines is 2. The summed E-state index contributed by atoms with van der Waals surface area (Å²) >= 11 is 0. The number of aryl methyl sites for hydroxylation is 2. The van der Waals surface area contributed by atoms with Crippen LogP contribution in [0, 0.1) is 25.2 Å². The number of urea groups is 1. The van der Waals surface area contributed by atoms with Gasteiger partial charge < -0.3 is 14.8 Å². The minimum absolute atomic E-state index is 0.112. The largest absolute Gasteiger partial charge is 0.573 e. The molecule has 0 aliphatic carbocycles. The van der Waals surface area contributed by atoms with Gasteiger partial charge in [0, 0.05) is 12.1 Å². The first kappa shape index (κ1) is 45.6. The normalized spacial score (nSPS) is 11.8. The Morgan fingerprint density at radius 3 is 1.88 bits per heavy atom. The number of hydrazone groups is 1. The van der Waals surface area contributed by atoms with Gasteiger partial charge in [0.15, 0.2) is 0 Å². The molecule has 0 radical (unpaired) electrons. The Balaban J connectivity index is 0.000000287. The summed E-state index contributed by atoms with van der Waals surface area (Å²) in [5.74, 6) is -1.03. The summed E-state index contributed by atoms with van der Waals surface area (Å²) in [6, 6.07) is 30.7. The van der Waals surface area contributed by atoms with Gasteiger partial charge in [-0.1, -0.05) is 72.8 Å². The first-order valence-corrected chi connectivity index (χ1v) is 18.0. The Kier molecular flexibility index (Phi) is 15.6. The first-order valence-electron chi connectivity index (χ1n) is 18.0. The van der Waals surface area contributed by atoms with Crippen LogP contribution in [0.4, 0.5) is 42.5 Å². The third-order valence-corrected chi connectivity index (χ3v) is 8.72. The maximum absolute atomic E-state index is 13.0. The molecule has 0 bridgehead atoms. The minimum atomic E-state index is -4.86. The molecule has 0 aliphatic rings. The molecular formula is C44H39F6N5O5. The molecule has 5 aromatic carbocycles. The van der Waals surface area contributed by atoms with Gasteiger partial charge in [-0.3, -0.25) is 9.69 Å². The number of carbonyl (C=O) groups is 3. The number of carbonyl (C=O) groups excluding carboxylic acids is 3. The van der Waals surface area contributed by atoms with Crippen molar-refractivity contribution < 1.29 is 50.2 Å². The topological polar surface area (TPSA) is 133 Å². The Morgan fingerprint density at radius 2 is 1.35 bits per heavy atom. The van der Waals surface area contributed by atoms with Gasteiger partial charge in [0.1, 0.15) is 11.8 Å². The van der Waals surface area contributed by atoms with Gasteiger partial charge in [-0.25, -0.2) is 15.0 Å². The van der Waals surface area contributed by atoms with Gasteiger partial charge in [0.25, 0.3) is 0 Å². The Labute approximate surface area is 342 Å². The fourth-order valence-electron chi connectivity index (χ4n) is 5.82. The molecule has 16 heteroatoms. The van der Waals surface area contributed by atoms with E-state index in [1.54, 1.807) is 36.1 Å². The predicted octanol–water partition coefficient (Wildman–Crippen LogP) is 9.68. The Bertz CT molecular complexity index is 2290. The number of ether oxygens (including phenoxy) is 2. The number of methoxy groups -OCH3 is 1. The maximum Gasteiger partial charge on any atom is 0.573 e. The standard InChI is InChI=1S/C24H16F6N4O2.C20H23NO3/c25-23(26,27)18-7-5-17(6-8-18)21(13-15-1-3-16(14-31)4-2-15)33-34-22(35)32-19-9-11-20(12-10-19)36-24(28,29)30;1-14-9-8-10-15(2)19(14)21(16(3)20(23)24-4)18(22)13-17-11-6-5-7-12-17/h1-12H,13H2,(H2,32,34,35);5-12,16H,13H2,1-4H3/b33-21+;. The molecule has 10 nitrogen and oxygen atoms in total. The number of benzene rings is 5. The van der Waals surface area contributed by atoms with Gasteiger partial charge in [0.2, 0.25) is 5.91 Å². The van der Waals surface area contributed by atoms with Gasteiger partial charge in [-0.2, -0.15) is 23.5 Å². The zero-order valence-electron chi connectivity index (χ0n) is 32.7. The lowest BCUT2D eigenvalue weighted by Crippen LogP contribution is -2.45. The molecule has 0 saturated carbocycles. The van der Waals surface area contributed by atoms with Crippen molar-refractivity contribution in [2.45, 2.75) is 52.2 Å². The van der Waals surface area contributed by atoms with E-state index in [1.807, 2.05) is 68.4 Å². The van der Waals surface area contributed by atoms with E-state index < -0.39 is 41.9 Å². The molecule has 0 saturated heterocycles. The van der Waals surface area contributed by atoms with Crippen LogP contribution in [0.3, 0.4) is 0 Å². The molecule has 3 amide bonds. The molecule has 1 atom stereocenters. The van der Waals surface area contributed by atoms with Crippen molar-refractivity contribution in [3.05, 3.63) is 160 Å². The fraction of sp³-hybridized carbons (Fsp3) is 0.205. The van der Waals surface area contributed by atoms with E-state index in [1.165, 1.54) is 31.4 Å². The molecule has 0 spiro atoms. The zero-order chi connectivity index (χ0) is 44.0. The highest BCUT2D eigenvalue weighted by molar-refractivity contribution is 6.03. The number of halogens is 6. The molecule has 312 valence electrons. The van der Waals surface area contributed by atoms with Crippen molar-refractivity contribution in [1.82, 2.24) is 5.43 Å². The molecule has 0 fully saturated rings. The number of hydrogen-bond donors (Lipinski definition) is 2. The smallest absolute Gasteiger partial charge is 0.467 e. The summed E-state index contributed by atoms with van der Waals surface area (Å²) in [6.07, 6.45) is -9.04. The number of hydrogen-bond acceptors (Lipinski definition) is 7. The monoisotopic (exact) mass is 831 g/mol. The number of esters is 1. The lowest BCUT2D eigenvalue weighted by molar-refractivity contribution is -0.274. The van der Waals surface area contributed by atoms with Gasteiger partial charge in [0.05, 0.1) is 42.1 Å². The molecular weight excluding hydrogens is 793 g/mol.